The maximum atomic E-state index is 13.7. The fourth-order valence-corrected chi connectivity index (χ4v) is 6.97. The second-order valence-electron chi connectivity index (χ2n) is 10.6. The van der Waals surface area contributed by atoms with Gasteiger partial charge in [-0.05, 0) is 54.2 Å². The molecule has 0 saturated heterocycles. The molecular weight excluding hydrogens is 556 g/mol. The third-order valence-electron chi connectivity index (χ3n) is 8.05. The van der Waals surface area contributed by atoms with Crippen LogP contribution in [0.4, 0.5) is 0 Å². The molecule has 1 fully saturated rings. The predicted molar refractivity (Wildman–Crippen MR) is 157 cm³/mol. The topological polar surface area (TPSA) is 160 Å². The van der Waals surface area contributed by atoms with E-state index in [1.165, 1.54) is 31.4 Å². The monoisotopic (exact) mass is 588 g/mol. The Balaban J connectivity index is 1.46. The average molecular weight is 589 g/mol. The first kappa shape index (κ1) is 29.2. The highest BCUT2D eigenvalue weighted by Gasteiger charge is 2.35. The second-order valence-corrected chi connectivity index (χ2v) is 12.3. The molecule has 1 amide bonds. The van der Waals surface area contributed by atoms with Crippen LogP contribution in [0.5, 0.6) is 0 Å². The second kappa shape index (κ2) is 11.5. The summed E-state index contributed by atoms with van der Waals surface area (Å²) in [5.41, 5.74) is 8.23. The smallest absolute Gasteiger partial charge is 0.338 e. The van der Waals surface area contributed by atoms with Gasteiger partial charge in [0.2, 0.25) is 15.9 Å². The summed E-state index contributed by atoms with van der Waals surface area (Å²) >= 11 is 0. The number of amidine groups is 1. The Bertz CT molecular complexity index is 1690. The third-order valence-corrected chi connectivity index (χ3v) is 9.52. The van der Waals surface area contributed by atoms with Gasteiger partial charge >= 0.3 is 5.97 Å². The van der Waals surface area contributed by atoms with Crippen LogP contribution in [0.1, 0.15) is 63.1 Å². The lowest BCUT2D eigenvalue weighted by molar-refractivity contribution is -0.133. The van der Waals surface area contributed by atoms with Crippen molar-refractivity contribution in [3.05, 3.63) is 88.5 Å². The van der Waals surface area contributed by atoms with Crippen LogP contribution in [0, 0.1) is 5.41 Å². The highest BCUT2D eigenvalue weighted by atomic mass is 32.2. The number of rotatable bonds is 9. The van der Waals surface area contributed by atoms with E-state index < -0.39 is 27.8 Å². The predicted octanol–water partition coefficient (Wildman–Crippen LogP) is 3.26. The van der Waals surface area contributed by atoms with Crippen LogP contribution >= 0.6 is 0 Å². The van der Waals surface area contributed by atoms with Crippen molar-refractivity contribution in [1.29, 1.82) is 5.41 Å². The molecular formula is C31H32N4O6S. The van der Waals surface area contributed by atoms with Crippen molar-refractivity contribution in [1.82, 2.24) is 9.62 Å². The van der Waals surface area contributed by atoms with Gasteiger partial charge in [-0.15, -0.1) is 0 Å². The van der Waals surface area contributed by atoms with Gasteiger partial charge in [0.05, 0.1) is 17.6 Å². The third kappa shape index (κ3) is 5.45. The van der Waals surface area contributed by atoms with E-state index in [0.29, 0.717) is 22.3 Å². The van der Waals surface area contributed by atoms with Gasteiger partial charge in [0.15, 0.2) is 5.78 Å². The maximum Gasteiger partial charge on any atom is 0.338 e. The lowest BCUT2D eigenvalue weighted by atomic mass is 10.0. The van der Waals surface area contributed by atoms with Crippen LogP contribution < -0.4 is 10.5 Å². The van der Waals surface area contributed by atoms with Crippen LogP contribution in [-0.4, -0.2) is 63.1 Å². The molecule has 1 atom stereocenters. The number of amides is 1. The molecule has 3 aromatic carbocycles. The minimum absolute atomic E-state index is 0.0321. The number of ketones is 1. The van der Waals surface area contributed by atoms with E-state index in [2.05, 4.69) is 4.72 Å². The summed E-state index contributed by atoms with van der Waals surface area (Å²) in [5.74, 6) is -1.58. The zero-order valence-electron chi connectivity index (χ0n) is 23.3. The molecule has 0 aliphatic heterocycles. The number of ether oxygens (including phenoxy) is 1. The van der Waals surface area contributed by atoms with Gasteiger partial charge in [-0.2, -0.15) is 4.72 Å². The summed E-state index contributed by atoms with van der Waals surface area (Å²) in [4.78, 5) is 40.8. The molecule has 218 valence electrons. The SMILES string of the molecule is COC(=O)c1cccc2c1C(=O)c1cc(S(=O)(=O)N[C@@H](Cc3ccc(C(=N)N)cc3)C(=O)N(C)C3CCCC3)ccc1-2. The van der Waals surface area contributed by atoms with E-state index in [1.54, 1.807) is 48.3 Å². The Hall–Kier alpha value is -4.35. The molecule has 0 bridgehead atoms. The van der Waals surface area contributed by atoms with Gasteiger partial charge in [0.1, 0.15) is 11.9 Å². The normalized spacial score (nSPS) is 15.1. The van der Waals surface area contributed by atoms with Crippen LogP contribution in [0.25, 0.3) is 11.1 Å². The van der Waals surface area contributed by atoms with E-state index in [0.717, 1.165) is 25.7 Å². The summed E-state index contributed by atoms with van der Waals surface area (Å²) < 4.78 is 34.8. The Kier molecular flexibility index (Phi) is 7.98. The van der Waals surface area contributed by atoms with E-state index in [-0.39, 0.29) is 45.8 Å². The van der Waals surface area contributed by atoms with Gasteiger partial charge in [-0.25, -0.2) is 13.2 Å². The van der Waals surface area contributed by atoms with Gasteiger partial charge in [0.25, 0.3) is 0 Å². The van der Waals surface area contributed by atoms with E-state index in [4.69, 9.17) is 15.9 Å². The van der Waals surface area contributed by atoms with E-state index in [9.17, 15) is 22.8 Å². The number of likely N-dealkylation sites (N-methyl/N-ethyl adjacent to an activating group) is 1. The number of sulfonamides is 1. The van der Waals surface area contributed by atoms with Crippen molar-refractivity contribution in [2.75, 3.05) is 14.2 Å². The molecule has 5 rings (SSSR count). The molecule has 4 N–H and O–H groups in total. The maximum absolute atomic E-state index is 13.7. The molecule has 0 aromatic heterocycles. The first-order chi connectivity index (χ1) is 20.0. The largest absolute Gasteiger partial charge is 0.465 e. The lowest BCUT2D eigenvalue weighted by Gasteiger charge is -2.29. The minimum atomic E-state index is -4.26. The van der Waals surface area contributed by atoms with Crippen LogP contribution in [-0.2, 0) is 26.0 Å². The highest BCUT2D eigenvalue weighted by molar-refractivity contribution is 7.89. The average Bonchev–Trinajstić information content (AvgIpc) is 3.63. The van der Waals surface area contributed by atoms with Crippen molar-refractivity contribution in [2.24, 2.45) is 5.73 Å². The summed E-state index contributed by atoms with van der Waals surface area (Å²) in [6.45, 7) is 0. The standard InChI is InChI=1S/C31H32N4O6S/c1-35(20-6-3-4-7-20)30(37)26(16-18-10-12-19(13-11-18)29(32)33)34-42(39,40)21-14-15-22-23-8-5-9-24(31(38)41-2)27(23)28(36)25(22)17-21/h5,8-15,17,20,26,34H,3-4,6-7,16H2,1-2H3,(H3,32,33)/t26-/m0/s1. The molecule has 0 radical (unpaired) electrons. The zero-order valence-corrected chi connectivity index (χ0v) is 24.2. The van der Waals surface area contributed by atoms with Crippen molar-refractivity contribution in [2.45, 2.75) is 49.1 Å². The molecule has 2 aliphatic carbocycles. The number of carbonyl (C=O) groups excluding carboxylic acids is 3. The number of methoxy groups -OCH3 is 1. The van der Waals surface area contributed by atoms with E-state index in [1.807, 2.05) is 0 Å². The number of nitrogens with one attached hydrogen (secondary N) is 2. The number of esters is 1. The number of benzene rings is 3. The summed E-state index contributed by atoms with van der Waals surface area (Å²) in [6, 6.07) is 14.7. The number of nitrogens with zero attached hydrogens (tertiary/aromatic N) is 1. The van der Waals surface area contributed by atoms with Crippen LogP contribution in [0.3, 0.4) is 0 Å². The number of nitrogen functional groups attached to an aromatic ring is 1. The minimum Gasteiger partial charge on any atom is -0.465 e. The highest BCUT2D eigenvalue weighted by Crippen LogP contribution is 2.39. The number of carbonyl (C=O) groups is 3. The summed E-state index contributed by atoms with van der Waals surface area (Å²) in [5, 5.41) is 7.61. The first-order valence-corrected chi connectivity index (χ1v) is 15.1. The quantitative estimate of drug-likeness (QED) is 0.154. The van der Waals surface area contributed by atoms with Gasteiger partial charge in [-0.1, -0.05) is 55.3 Å². The zero-order chi connectivity index (χ0) is 30.2. The Morgan fingerprint density at radius 2 is 1.74 bits per heavy atom. The Morgan fingerprint density at radius 3 is 2.38 bits per heavy atom. The van der Waals surface area contributed by atoms with Crippen LogP contribution in [0.2, 0.25) is 0 Å². The van der Waals surface area contributed by atoms with Crippen molar-refractivity contribution in [3.8, 4) is 11.1 Å². The fourth-order valence-electron chi connectivity index (χ4n) is 5.76. The summed E-state index contributed by atoms with van der Waals surface area (Å²) in [7, 11) is -1.34. The molecule has 0 heterocycles. The first-order valence-electron chi connectivity index (χ1n) is 13.6. The van der Waals surface area contributed by atoms with Crippen LogP contribution in [0.15, 0.2) is 65.6 Å². The number of hydrogen-bond acceptors (Lipinski definition) is 7. The molecule has 2 aliphatic rings. The van der Waals surface area contributed by atoms with E-state index >= 15 is 0 Å². The fraction of sp³-hybridized carbons (Fsp3) is 0.290. The molecule has 0 unspecified atom stereocenters. The van der Waals surface area contributed by atoms with Gasteiger partial charge < -0.3 is 15.4 Å². The molecule has 10 nitrogen and oxygen atoms in total. The van der Waals surface area contributed by atoms with Gasteiger partial charge in [-0.3, -0.25) is 15.0 Å². The Morgan fingerprint density at radius 1 is 1.05 bits per heavy atom. The Labute approximate surface area is 244 Å². The molecule has 11 heteroatoms. The van der Waals surface area contributed by atoms with Crippen molar-refractivity contribution in [3.63, 3.8) is 0 Å². The van der Waals surface area contributed by atoms with Gasteiger partial charge in [0, 0.05) is 29.8 Å². The van der Waals surface area contributed by atoms with Crippen molar-refractivity contribution >= 4 is 33.5 Å². The molecule has 1 saturated carbocycles. The number of hydrogen-bond donors (Lipinski definition) is 3. The molecule has 3 aromatic rings. The van der Waals surface area contributed by atoms with Crippen molar-refractivity contribution < 1.29 is 27.5 Å². The molecule has 0 spiro atoms. The number of nitrogens with two attached hydrogens (primary N) is 1. The lowest BCUT2D eigenvalue weighted by Crippen LogP contribution is -2.50. The number of fused-ring (bicyclic) bond motifs is 3. The molecule has 42 heavy (non-hydrogen) atoms. The summed E-state index contributed by atoms with van der Waals surface area (Å²) in [6.07, 6.45) is 3.81.